The highest BCUT2D eigenvalue weighted by Gasteiger charge is 2.77. The van der Waals surface area contributed by atoms with Crippen molar-refractivity contribution in [3.8, 4) is 5.75 Å². The summed E-state index contributed by atoms with van der Waals surface area (Å²) in [5.41, 5.74) is -1.01. The van der Waals surface area contributed by atoms with Gasteiger partial charge in [-0.2, -0.15) is 18.2 Å². The maximum absolute atomic E-state index is 14.4. The number of allylic oxidation sites excluding steroid dienone is 2. The molecular formula is C33H22Cl4F4N4O5. The van der Waals surface area contributed by atoms with Gasteiger partial charge in [-0.15, -0.1) is 23.2 Å². The van der Waals surface area contributed by atoms with Gasteiger partial charge < -0.3 is 5.11 Å². The smallest absolute Gasteiger partial charge is 0.433 e. The van der Waals surface area contributed by atoms with E-state index >= 15 is 0 Å². The number of hydrazine groups is 1. The molecule has 0 spiro atoms. The largest absolute Gasteiger partial charge is 0.508 e. The second-order valence-corrected chi connectivity index (χ2v) is 14.6. The number of halogens is 8. The first kappa shape index (κ1) is 34.5. The third-order valence-corrected chi connectivity index (χ3v) is 11.8. The predicted molar refractivity (Wildman–Crippen MR) is 174 cm³/mol. The molecule has 1 saturated carbocycles. The normalized spacial score (nSPS) is 29.2. The van der Waals surface area contributed by atoms with Crippen LogP contribution in [-0.2, 0) is 25.4 Å². The predicted octanol–water partition coefficient (Wildman–Crippen LogP) is 6.87. The maximum Gasteiger partial charge on any atom is 0.433 e. The molecule has 7 rings (SSSR count). The van der Waals surface area contributed by atoms with Crippen molar-refractivity contribution in [3.63, 3.8) is 0 Å². The molecule has 50 heavy (non-hydrogen) atoms. The summed E-state index contributed by atoms with van der Waals surface area (Å²) in [4.78, 5) is 56.6. The Labute approximate surface area is 300 Å². The molecule has 17 heteroatoms. The number of aromatic hydroxyl groups is 1. The second kappa shape index (κ2) is 11.6. The fourth-order valence-corrected chi connectivity index (χ4v) is 9.03. The zero-order valence-corrected chi connectivity index (χ0v) is 28.4. The number of benzene rings is 2. The van der Waals surface area contributed by atoms with E-state index in [0.29, 0.717) is 16.6 Å². The molecule has 2 aromatic carbocycles. The molecule has 9 nitrogen and oxygen atoms in total. The van der Waals surface area contributed by atoms with Gasteiger partial charge in [0.25, 0.3) is 23.6 Å². The number of imide groups is 2. The molecule has 4 amide bonds. The van der Waals surface area contributed by atoms with Crippen molar-refractivity contribution in [1.82, 2.24) is 9.99 Å². The molecule has 6 unspecified atom stereocenters. The number of amides is 4. The van der Waals surface area contributed by atoms with Gasteiger partial charge in [-0.25, -0.2) is 14.3 Å². The number of fused-ring (bicyclic) bond motifs is 4. The molecule has 3 aromatic rings. The van der Waals surface area contributed by atoms with Crippen molar-refractivity contribution in [2.24, 2.45) is 17.8 Å². The molecule has 0 bridgehead atoms. The molecule has 3 fully saturated rings. The summed E-state index contributed by atoms with van der Waals surface area (Å²) in [7, 11) is 1.16. The summed E-state index contributed by atoms with van der Waals surface area (Å²) in [5.74, 6) is -9.83. The standard InChI is InChI=1S/C33H22Cl4F4N4O5/c1-43(26-21(35)9-11-23(42-26)33(39,40)41)45-27(47)18-8-7-17-20(24(18)28(45)48)13-31(36)29(49)44(16-5-3-15(38)4-6-16)30(50)32(31,37)25(17)19-12-14(34)2-10-22(19)46/h2-7,9-12,18,20,24-25,46H,8,13H2,1H3. The minimum absolute atomic E-state index is 0.0136. The SMILES string of the molecule is CN(c1nc(C(F)(F)F)ccc1Cl)N1C(=O)C2CC=C3C(CC4(Cl)C(=O)N(c5ccc(F)cc5)C(=O)C4(Cl)C3c3cc(Cl)ccc3O)C2C1=O. The van der Waals surface area contributed by atoms with Crippen molar-refractivity contribution in [1.29, 1.82) is 0 Å². The van der Waals surface area contributed by atoms with E-state index in [1.807, 2.05) is 0 Å². The molecule has 2 saturated heterocycles. The van der Waals surface area contributed by atoms with E-state index in [1.165, 1.54) is 30.3 Å². The lowest BCUT2D eigenvalue weighted by Crippen LogP contribution is -2.60. The third-order valence-electron chi connectivity index (χ3n) is 9.90. The monoisotopic (exact) mass is 770 g/mol. The van der Waals surface area contributed by atoms with Crippen LogP contribution in [0.3, 0.4) is 0 Å². The number of aromatic nitrogens is 1. The van der Waals surface area contributed by atoms with Crippen molar-refractivity contribution >= 4 is 81.5 Å². The van der Waals surface area contributed by atoms with Crippen LogP contribution in [0.5, 0.6) is 5.75 Å². The van der Waals surface area contributed by atoms with Gasteiger partial charge in [-0.05, 0) is 73.4 Å². The summed E-state index contributed by atoms with van der Waals surface area (Å²) in [5, 5.41) is 12.5. The van der Waals surface area contributed by atoms with Gasteiger partial charge in [0, 0.05) is 23.6 Å². The molecule has 1 aromatic heterocycles. The highest BCUT2D eigenvalue weighted by molar-refractivity contribution is 6.58. The molecule has 260 valence electrons. The van der Waals surface area contributed by atoms with E-state index < -0.39 is 87.0 Å². The second-order valence-electron chi connectivity index (χ2n) is 12.5. The highest BCUT2D eigenvalue weighted by Crippen LogP contribution is 2.66. The first-order valence-electron chi connectivity index (χ1n) is 15.0. The van der Waals surface area contributed by atoms with Crippen molar-refractivity contribution in [3.05, 3.63) is 93.4 Å². The van der Waals surface area contributed by atoms with Crippen LogP contribution in [0.1, 0.15) is 30.0 Å². The molecule has 4 aliphatic rings. The van der Waals surface area contributed by atoms with Crippen LogP contribution in [0.15, 0.2) is 66.2 Å². The van der Waals surface area contributed by atoms with Gasteiger partial charge in [0.1, 0.15) is 17.3 Å². The van der Waals surface area contributed by atoms with Crippen molar-refractivity contribution in [2.75, 3.05) is 17.0 Å². The molecule has 1 N–H and O–H groups in total. The van der Waals surface area contributed by atoms with Crippen molar-refractivity contribution in [2.45, 2.75) is 34.7 Å². The number of pyridine rings is 1. The van der Waals surface area contributed by atoms with Crippen LogP contribution in [-0.4, -0.2) is 55.5 Å². The van der Waals surface area contributed by atoms with Crippen LogP contribution >= 0.6 is 46.4 Å². The number of hydrogen-bond acceptors (Lipinski definition) is 7. The molecule has 0 radical (unpaired) electrons. The Bertz CT molecular complexity index is 2050. The number of phenols is 1. The van der Waals surface area contributed by atoms with E-state index in [0.717, 1.165) is 35.2 Å². The number of rotatable bonds is 4. The lowest BCUT2D eigenvalue weighted by molar-refractivity contribution is -0.141. The van der Waals surface area contributed by atoms with Crippen LogP contribution in [0.2, 0.25) is 10.0 Å². The Balaban J connectivity index is 1.36. The topological polar surface area (TPSA) is 111 Å². The molecule has 2 aliphatic heterocycles. The number of phenolic OH excluding ortho intramolecular Hbond substituents is 1. The Morgan fingerprint density at radius 3 is 2.28 bits per heavy atom. The zero-order valence-electron chi connectivity index (χ0n) is 25.4. The lowest BCUT2D eigenvalue weighted by atomic mass is 9.56. The number of anilines is 2. The van der Waals surface area contributed by atoms with E-state index in [4.69, 9.17) is 46.4 Å². The third kappa shape index (κ3) is 4.76. The Kier molecular flexibility index (Phi) is 7.98. The average molecular weight is 772 g/mol. The Morgan fingerprint density at radius 1 is 0.940 bits per heavy atom. The van der Waals surface area contributed by atoms with E-state index in [9.17, 15) is 41.8 Å². The van der Waals surface area contributed by atoms with Gasteiger partial charge in [-0.1, -0.05) is 34.9 Å². The van der Waals surface area contributed by atoms with Gasteiger partial charge in [0.05, 0.1) is 22.5 Å². The van der Waals surface area contributed by atoms with Gasteiger partial charge in [0.15, 0.2) is 15.6 Å². The fourth-order valence-electron chi connectivity index (χ4n) is 7.69. The van der Waals surface area contributed by atoms with Crippen LogP contribution in [0.25, 0.3) is 0 Å². The van der Waals surface area contributed by atoms with Crippen molar-refractivity contribution < 1.29 is 41.8 Å². The summed E-state index contributed by atoms with van der Waals surface area (Å²) in [6.07, 6.45) is -3.78. The average Bonchev–Trinajstić information content (AvgIpc) is 3.40. The first-order chi connectivity index (χ1) is 23.4. The lowest BCUT2D eigenvalue weighted by Gasteiger charge is -2.50. The summed E-state index contributed by atoms with van der Waals surface area (Å²) < 4.78 is 54.5. The zero-order chi connectivity index (χ0) is 36.2. The number of nitrogens with zero attached hydrogens (tertiary/aromatic N) is 4. The minimum Gasteiger partial charge on any atom is -0.508 e. The number of hydrogen-bond donors (Lipinski definition) is 1. The molecule has 3 heterocycles. The summed E-state index contributed by atoms with van der Waals surface area (Å²) in [6, 6.07) is 10.0. The van der Waals surface area contributed by atoms with E-state index in [-0.39, 0.29) is 33.5 Å². The summed E-state index contributed by atoms with van der Waals surface area (Å²) in [6.45, 7) is 0. The van der Waals surface area contributed by atoms with E-state index in [1.54, 1.807) is 6.08 Å². The Hall–Kier alpha value is -3.91. The van der Waals surface area contributed by atoms with Crippen LogP contribution in [0, 0.1) is 23.6 Å². The van der Waals surface area contributed by atoms with Gasteiger partial charge >= 0.3 is 6.18 Å². The quantitative estimate of drug-likeness (QED) is 0.134. The molecule has 2 aliphatic carbocycles. The van der Waals surface area contributed by atoms with Crippen LogP contribution in [0.4, 0.5) is 29.1 Å². The summed E-state index contributed by atoms with van der Waals surface area (Å²) >= 11 is 27.1. The minimum atomic E-state index is -4.86. The van der Waals surface area contributed by atoms with Gasteiger partial charge in [-0.3, -0.25) is 24.2 Å². The molecule has 6 atom stereocenters. The van der Waals surface area contributed by atoms with Crippen LogP contribution < -0.4 is 9.91 Å². The van der Waals surface area contributed by atoms with E-state index in [2.05, 4.69) is 4.98 Å². The highest BCUT2D eigenvalue weighted by atomic mass is 35.5. The Morgan fingerprint density at radius 2 is 1.62 bits per heavy atom. The first-order valence-corrected chi connectivity index (χ1v) is 16.5. The number of alkyl halides is 5. The van der Waals surface area contributed by atoms with Gasteiger partial charge in [0.2, 0.25) is 0 Å². The maximum atomic E-state index is 14.4. The number of carbonyl (C=O) groups is 4. The fraction of sp³-hybridized carbons (Fsp3) is 0.303. The number of carbonyl (C=O) groups excluding carboxylic acids is 4. The molecular weight excluding hydrogens is 750 g/mol.